The van der Waals surface area contributed by atoms with Crippen LogP contribution in [0.3, 0.4) is 0 Å². The Hall–Kier alpha value is -3.40. The Morgan fingerprint density at radius 2 is 2.08 bits per heavy atom. The second-order valence-electron chi connectivity index (χ2n) is 10.3. The number of ether oxygens (including phenoxy) is 3. The Bertz CT molecular complexity index is 1400. The third-order valence-corrected chi connectivity index (χ3v) is 7.75. The monoisotopic (exact) mass is 569 g/mol. The number of aromatic nitrogens is 2. The average molecular weight is 570 g/mol. The highest BCUT2D eigenvalue weighted by Gasteiger charge is 2.43. The van der Waals surface area contributed by atoms with Gasteiger partial charge in [0, 0.05) is 43.8 Å². The molecule has 3 aromatic rings. The SMILES string of the molecule is COCCCn1c(/C=C/C(=O)O)cnc1CN1CCC(c2cccc3c2OC(C)(c2ccc(Cl)cc2F)O3)CC1. The number of piperidine rings is 1. The highest BCUT2D eigenvalue weighted by molar-refractivity contribution is 6.30. The fourth-order valence-corrected chi connectivity index (χ4v) is 5.67. The van der Waals surface area contributed by atoms with Crippen LogP contribution in [-0.2, 0) is 28.4 Å². The fraction of sp³-hybridized carbons (Fsp3) is 0.400. The van der Waals surface area contributed by atoms with Crippen LogP contribution >= 0.6 is 11.6 Å². The van der Waals surface area contributed by atoms with Crippen LogP contribution in [0.5, 0.6) is 11.5 Å². The zero-order valence-electron chi connectivity index (χ0n) is 22.6. The molecule has 1 aromatic heterocycles. The van der Waals surface area contributed by atoms with Crippen LogP contribution < -0.4 is 9.47 Å². The van der Waals surface area contributed by atoms with Crippen LogP contribution in [0.25, 0.3) is 6.08 Å². The second-order valence-corrected chi connectivity index (χ2v) is 10.7. The molecule has 5 rings (SSSR count). The summed E-state index contributed by atoms with van der Waals surface area (Å²) in [6.07, 6.45) is 7.08. The van der Waals surface area contributed by atoms with Gasteiger partial charge < -0.3 is 23.9 Å². The third-order valence-electron chi connectivity index (χ3n) is 7.52. The van der Waals surface area contributed by atoms with E-state index >= 15 is 0 Å². The molecule has 0 amide bonds. The first-order valence-electron chi connectivity index (χ1n) is 13.4. The quantitative estimate of drug-likeness (QED) is 0.243. The van der Waals surface area contributed by atoms with E-state index in [1.54, 1.807) is 38.4 Å². The molecule has 2 aliphatic rings. The molecule has 1 atom stereocenters. The number of fused-ring (bicyclic) bond motifs is 1. The van der Waals surface area contributed by atoms with Gasteiger partial charge in [0.25, 0.3) is 5.79 Å². The van der Waals surface area contributed by atoms with Crippen LogP contribution in [0.1, 0.15) is 54.7 Å². The number of aliphatic carboxylic acids is 1. The number of carbonyl (C=O) groups is 1. The van der Waals surface area contributed by atoms with Gasteiger partial charge in [-0.25, -0.2) is 14.2 Å². The summed E-state index contributed by atoms with van der Waals surface area (Å²) in [5.74, 6) is -0.299. The predicted octanol–water partition coefficient (Wildman–Crippen LogP) is 5.83. The van der Waals surface area contributed by atoms with Gasteiger partial charge in [0.1, 0.15) is 11.6 Å². The number of para-hydroxylation sites is 1. The topological polar surface area (TPSA) is 86.0 Å². The standard InChI is InChI=1S/C30H33ClFN3O5/c1-30(24-9-7-21(31)17-25(24)32)39-26-6-3-5-23(29(26)40-30)20-11-14-34(15-12-20)19-27-33-18-22(8-10-28(36)37)35(27)13-4-16-38-2/h3,5-10,17-18,20H,4,11-16,19H2,1-2H3,(H,36,37)/b10-8+. The predicted molar refractivity (Wildman–Crippen MR) is 149 cm³/mol. The lowest BCUT2D eigenvalue weighted by Crippen LogP contribution is -2.34. The maximum Gasteiger partial charge on any atom is 0.328 e. The van der Waals surface area contributed by atoms with Crippen molar-refractivity contribution in [3.05, 3.63) is 82.2 Å². The van der Waals surface area contributed by atoms with Crippen molar-refractivity contribution in [3.8, 4) is 11.5 Å². The lowest BCUT2D eigenvalue weighted by atomic mass is 9.88. The van der Waals surface area contributed by atoms with Gasteiger partial charge in [-0.1, -0.05) is 23.7 Å². The van der Waals surface area contributed by atoms with E-state index in [1.807, 2.05) is 12.1 Å². The zero-order chi connectivity index (χ0) is 28.3. The first-order valence-corrected chi connectivity index (χ1v) is 13.8. The summed E-state index contributed by atoms with van der Waals surface area (Å²) in [6, 6.07) is 10.4. The lowest BCUT2D eigenvalue weighted by molar-refractivity contribution is -0.131. The van der Waals surface area contributed by atoms with E-state index in [2.05, 4.69) is 20.5 Å². The average Bonchev–Trinajstić information content (AvgIpc) is 3.47. The molecule has 0 radical (unpaired) electrons. The highest BCUT2D eigenvalue weighted by atomic mass is 35.5. The smallest absolute Gasteiger partial charge is 0.328 e. The highest BCUT2D eigenvalue weighted by Crippen LogP contribution is 2.49. The molecule has 212 valence electrons. The van der Waals surface area contributed by atoms with Crippen molar-refractivity contribution < 1.29 is 28.5 Å². The van der Waals surface area contributed by atoms with E-state index in [-0.39, 0.29) is 5.92 Å². The van der Waals surface area contributed by atoms with Gasteiger partial charge in [-0.3, -0.25) is 4.90 Å². The van der Waals surface area contributed by atoms with Gasteiger partial charge in [0.05, 0.1) is 24.0 Å². The Kier molecular flexibility index (Phi) is 8.44. The van der Waals surface area contributed by atoms with E-state index in [4.69, 9.17) is 30.9 Å². The number of benzene rings is 2. The normalized spacial score (nSPS) is 19.5. The van der Waals surface area contributed by atoms with E-state index in [0.29, 0.717) is 41.8 Å². The number of carboxylic acids is 1. The molecule has 1 saturated heterocycles. The number of rotatable bonds is 10. The summed E-state index contributed by atoms with van der Waals surface area (Å²) in [6.45, 7) is 5.43. The second kappa shape index (κ2) is 12.0. The van der Waals surface area contributed by atoms with Crippen LogP contribution in [0.4, 0.5) is 4.39 Å². The van der Waals surface area contributed by atoms with Gasteiger partial charge in [-0.2, -0.15) is 0 Å². The van der Waals surface area contributed by atoms with E-state index < -0.39 is 17.6 Å². The van der Waals surface area contributed by atoms with Gasteiger partial charge in [0.15, 0.2) is 11.5 Å². The molecular formula is C30H33ClFN3O5. The van der Waals surface area contributed by atoms with Gasteiger partial charge in [-0.05, 0) is 68.6 Å². The van der Waals surface area contributed by atoms with E-state index in [9.17, 15) is 9.18 Å². The number of halogens is 2. The number of hydrogen-bond acceptors (Lipinski definition) is 6. The molecule has 0 saturated carbocycles. The largest absolute Gasteiger partial charge is 0.478 e. The molecule has 1 unspecified atom stereocenters. The third kappa shape index (κ3) is 6.01. The summed E-state index contributed by atoms with van der Waals surface area (Å²) in [5.41, 5.74) is 2.13. The summed E-state index contributed by atoms with van der Waals surface area (Å²) in [5, 5.41) is 9.37. The minimum absolute atomic E-state index is 0.266. The molecule has 0 spiro atoms. The summed E-state index contributed by atoms with van der Waals surface area (Å²) in [4.78, 5) is 18.0. The van der Waals surface area contributed by atoms with E-state index in [1.165, 1.54) is 6.07 Å². The van der Waals surface area contributed by atoms with Crippen molar-refractivity contribution in [2.75, 3.05) is 26.8 Å². The minimum Gasteiger partial charge on any atom is -0.478 e. The van der Waals surface area contributed by atoms with Crippen molar-refractivity contribution in [3.63, 3.8) is 0 Å². The van der Waals surface area contributed by atoms with Gasteiger partial charge in [-0.15, -0.1) is 0 Å². The van der Waals surface area contributed by atoms with Crippen LogP contribution in [0, 0.1) is 5.82 Å². The maximum absolute atomic E-state index is 14.8. The van der Waals surface area contributed by atoms with Crippen molar-refractivity contribution in [1.29, 1.82) is 0 Å². The minimum atomic E-state index is -1.28. The molecule has 2 aliphatic heterocycles. The molecule has 40 heavy (non-hydrogen) atoms. The molecular weight excluding hydrogens is 537 g/mol. The molecule has 2 aromatic carbocycles. The first-order chi connectivity index (χ1) is 19.3. The van der Waals surface area contributed by atoms with Crippen LogP contribution in [0.2, 0.25) is 5.02 Å². The van der Waals surface area contributed by atoms with Crippen molar-refractivity contribution >= 4 is 23.6 Å². The zero-order valence-corrected chi connectivity index (χ0v) is 23.4. The molecule has 1 fully saturated rings. The number of imidazole rings is 1. The first kappa shape index (κ1) is 28.1. The maximum atomic E-state index is 14.8. The summed E-state index contributed by atoms with van der Waals surface area (Å²) < 4.78 is 34.5. The van der Waals surface area contributed by atoms with Crippen LogP contribution in [0.15, 0.2) is 48.7 Å². The van der Waals surface area contributed by atoms with Crippen molar-refractivity contribution in [1.82, 2.24) is 14.5 Å². The lowest BCUT2D eigenvalue weighted by Gasteiger charge is -2.32. The van der Waals surface area contributed by atoms with Gasteiger partial charge >= 0.3 is 5.97 Å². The van der Waals surface area contributed by atoms with Crippen molar-refractivity contribution in [2.45, 2.75) is 51.0 Å². The van der Waals surface area contributed by atoms with E-state index in [0.717, 1.165) is 55.5 Å². The summed E-state index contributed by atoms with van der Waals surface area (Å²) >= 11 is 5.95. The fourth-order valence-electron chi connectivity index (χ4n) is 5.51. The number of carboxylic acid groups (broad SMARTS) is 1. The molecule has 0 aliphatic carbocycles. The number of nitrogens with zero attached hydrogens (tertiary/aromatic N) is 3. The Morgan fingerprint density at radius 1 is 1.27 bits per heavy atom. The molecule has 8 nitrogen and oxygen atoms in total. The van der Waals surface area contributed by atoms with Crippen LogP contribution in [-0.4, -0.2) is 52.3 Å². The molecule has 1 N–H and O–H groups in total. The Labute approximate surface area is 237 Å². The van der Waals surface area contributed by atoms with Crippen molar-refractivity contribution in [2.24, 2.45) is 0 Å². The molecule has 10 heteroatoms. The number of methoxy groups -OCH3 is 1. The molecule has 0 bridgehead atoms. The summed E-state index contributed by atoms with van der Waals surface area (Å²) in [7, 11) is 1.67. The number of hydrogen-bond donors (Lipinski definition) is 1. The van der Waals surface area contributed by atoms with Gasteiger partial charge in [0.2, 0.25) is 0 Å². The Balaban J connectivity index is 1.27. The Morgan fingerprint density at radius 3 is 2.80 bits per heavy atom. The molecule has 3 heterocycles. The number of likely N-dealkylation sites (tertiary alicyclic amines) is 1.